The Morgan fingerprint density at radius 1 is 1.33 bits per heavy atom. The maximum absolute atomic E-state index is 9.66. The molecule has 2 rings (SSSR count). The van der Waals surface area contributed by atoms with Crippen molar-refractivity contribution < 1.29 is 5.11 Å². The fourth-order valence-corrected chi connectivity index (χ4v) is 4.40. The van der Waals surface area contributed by atoms with Gasteiger partial charge in [-0.15, -0.1) is 0 Å². The lowest BCUT2D eigenvalue weighted by atomic mass is 10.2. The van der Waals surface area contributed by atoms with Gasteiger partial charge in [-0.2, -0.15) is 11.8 Å². The van der Waals surface area contributed by atoms with E-state index in [-0.39, 0.29) is 5.75 Å². The van der Waals surface area contributed by atoms with Gasteiger partial charge in [0.15, 0.2) is 0 Å². The molecular weight excluding hydrogens is 378 g/mol. The van der Waals surface area contributed by atoms with Gasteiger partial charge in [-0.25, -0.2) is 0 Å². The summed E-state index contributed by atoms with van der Waals surface area (Å²) in [6.07, 6.45) is 6.05. The standard InChI is InChI=1S/C13H17Br2NOS/c1-18-10-3-2-9(6-10)16-7-8-4-11(14)13(17)12(15)5-8/h4-5,9-10,16-17H,2-3,6-7H2,1H3. The van der Waals surface area contributed by atoms with Gasteiger partial charge in [0.05, 0.1) is 8.95 Å². The Balaban J connectivity index is 1.91. The fourth-order valence-electron chi connectivity index (χ4n) is 2.32. The first-order valence-corrected chi connectivity index (χ1v) is 8.90. The molecule has 1 aromatic rings. The summed E-state index contributed by atoms with van der Waals surface area (Å²) in [5, 5.41) is 14.1. The van der Waals surface area contributed by atoms with E-state index in [1.165, 1.54) is 24.8 Å². The Kier molecular flexibility index (Phi) is 5.42. The number of aromatic hydroxyl groups is 1. The van der Waals surface area contributed by atoms with Gasteiger partial charge in [0.2, 0.25) is 0 Å². The van der Waals surface area contributed by atoms with Gasteiger partial charge < -0.3 is 10.4 Å². The molecule has 1 saturated carbocycles. The third-order valence-corrected chi connectivity index (χ3v) is 5.69. The maximum atomic E-state index is 9.66. The number of phenols is 1. The van der Waals surface area contributed by atoms with Crippen molar-refractivity contribution in [1.29, 1.82) is 0 Å². The van der Waals surface area contributed by atoms with Crippen molar-refractivity contribution in [3.63, 3.8) is 0 Å². The molecule has 1 fully saturated rings. The normalized spacial score (nSPS) is 23.5. The lowest BCUT2D eigenvalue weighted by molar-refractivity contribution is 0.467. The van der Waals surface area contributed by atoms with Crippen LogP contribution in [0.2, 0.25) is 0 Å². The molecule has 0 aliphatic heterocycles. The Morgan fingerprint density at radius 2 is 2.00 bits per heavy atom. The van der Waals surface area contributed by atoms with Crippen molar-refractivity contribution in [3.8, 4) is 5.75 Å². The van der Waals surface area contributed by atoms with Crippen LogP contribution in [-0.2, 0) is 6.54 Å². The van der Waals surface area contributed by atoms with Crippen LogP contribution in [0.5, 0.6) is 5.75 Å². The summed E-state index contributed by atoms with van der Waals surface area (Å²) in [6, 6.07) is 4.57. The molecule has 0 heterocycles. The van der Waals surface area contributed by atoms with Crippen LogP contribution in [0.3, 0.4) is 0 Å². The van der Waals surface area contributed by atoms with Gasteiger partial charge in [0, 0.05) is 17.8 Å². The summed E-state index contributed by atoms with van der Waals surface area (Å²) in [7, 11) is 0. The van der Waals surface area contributed by atoms with Crippen molar-refractivity contribution >= 4 is 43.6 Å². The van der Waals surface area contributed by atoms with E-state index in [9.17, 15) is 5.11 Å². The van der Waals surface area contributed by atoms with E-state index in [1.807, 2.05) is 23.9 Å². The van der Waals surface area contributed by atoms with Crippen LogP contribution in [0, 0.1) is 0 Å². The van der Waals surface area contributed by atoms with Gasteiger partial charge in [-0.05, 0) is 75.1 Å². The van der Waals surface area contributed by atoms with Crippen molar-refractivity contribution in [2.24, 2.45) is 0 Å². The van der Waals surface area contributed by atoms with E-state index >= 15 is 0 Å². The third-order valence-electron chi connectivity index (χ3n) is 3.39. The summed E-state index contributed by atoms with van der Waals surface area (Å²) in [5.41, 5.74) is 1.18. The van der Waals surface area contributed by atoms with Crippen molar-refractivity contribution in [3.05, 3.63) is 26.6 Å². The molecule has 0 amide bonds. The number of nitrogens with one attached hydrogen (secondary N) is 1. The highest BCUT2D eigenvalue weighted by atomic mass is 79.9. The van der Waals surface area contributed by atoms with Crippen LogP contribution >= 0.6 is 43.6 Å². The lowest BCUT2D eigenvalue weighted by Gasteiger charge is -2.13. The molecule has 2 N–H and O–H groups in total. The molecule has 0 bridgehead atoms. The summed E-state index contributed by atoms with van der Waals surface area (Å²) in [6.45, 7) is 0.850. The van der Waals surface area contributed by atoms with Gasteiger partial charge in [-0.1, -0.05) is 0 Å². The van der Waals surface area contributed by atoms with E-state index in [2.05, 4.69) is 43.4 Å². The van der Waals surface area contributed by atoms with Crippen molar-refractivity contribution in [1.82, 2.24) is 5.32 Å². The number of benzene rings is 1. The number of halogens is 2. The van der Waals surface area contributed by atoms with Crippen LogP contribution in [0.15, 0.2) is 21.1 Å². The molecule has 2 unspecified atom stereocenters. The van der Waals surface area contributed by atoms with Crippen LogP contribution in [0.25, 0.3) is 0 Å². The zero-order valence-corrected chi connectivity index (χ0v) is 14.2. The zero-order chi connectivity index (χ0) is 13.1. The molecule has 0 spiro atoms. The van der Waals surface area contributed by atoms with Crippen molar-refractivity contribution in [2.75, 3.05) is 6.26 Å². The molecule has 100 valence electrons. The molecule has 18 heavy (non-hydrogen) atoms. The van der Waals surface area contributed by atoms with E-state index in [0.29, 0.717) is 6.04 Å². The number of phenolic OH excluding ortho intramolecular Hbond substituents is 1. The van der Waals surface area contributed by atoms with Crippen LogP contribution in [0.4, 0.5) is 0 Å². The molecule has 1 aromatic carbocycles. The minimum Gasteiger partial charge on any atom is -0.506 e. The number of rotatable bonds is 4. The van der Waals surface area contributed by atoms with Gasteiger partial charge in [-0.3, -0.25) is 0 Å². The summed E-state index contributed by atoms with van der Waals surface area (Å²) in [5.74, 6) is 0.266. The Morgan fingerprint density at radius 3 is 2.56 bits per heavy atom. The Labute approximate surface area is 129 Å². The average molecular weight is 395 g/mol. The maximum Gasteiger partial charge on any atom is 0.143 e. The van der Waals surface area contributed by atoms with Gasteiger partial charge >= 0.3 is 0 Å². The van der Waals surface area contributed by atoms with Gasteiger partial charge in [0.25, 0.3) is 0 Å². The second-order valence-electron chi connectivity index (χ2n) is 4.66. The largest absolute Gasteiger partial charge is 0.506 e. The summed E-state index contributed by atoms with van der Waals surface area (Å²) >= 11 is 8.70. The second-order valence-corrected chi connectivity index (χ2v) is 7.50. The highest BCUT2D eigenvalue weighted by Crippen LogP contribution is 2.33. The highest BCUT2D eigenvalue weighted by Gasteiger charge is 2.23. The zero-order valence-electron chi connectivity index (χ0n) is 10.2. The molecule has 5 heteroatoms. The lowest BCUT2D eigenvalue weighted by Crippen LogP contribution is -2.26. The highest BCUT2D eigenvalue weighted by molar-refractivity contribution is 9.11. The Bertz CT molecular complexity index is 404. The first-order chi connectivity index (χ1) is 8.60. The summed E-state index contributed by atoms with van der Waals surface area (Å²) in [4.78, 5) is 0. The predicted molar refractivity (Wildman–Crippen MR) is 85.3 cm³/mol. The van der Waals surface area contributed by atoms with Crippen LogP contribution in [-0.4, -0.2) is 22.7 Å². The van der Waals surface area contributed by atoms with Gasteiger partial charge in [0.1, 0.15) is 5.75 Å². The minimum atomic E-state index is 0.266. The average Bonchev–Trinajstić information content (AvgIpc) is 2.81. The Hall–Kier alpha value is 0.290. The molecule has 2 nitrogen and oxygen atoms in total. The molecule has 1 aliphatic rings. The SMILES string of the molecule is CSC1CCC(NCc2cc(Br)c(O)c(Br)c2)C1. The topological polar surface area (TPSA) is 32.3 Å². The third kappa shape index (κ3) is 3.65. The quantitative estimate of drug-likeness (QED) is 0.798. The van der Waals surface area contributed by atoms with Crippen LogP contribution in [0.1, 0.15) is 24.8 Å². The monoisotopic (exact) mass is 393 g/mol. The number of hydrogen-bond acceptors (Lipinski definition) is 3. The molecule has 2 atom stereocenters. The van der Waals surface area contributed by atoms with E-state index in [1.54, 1.807) is 0 Å². The minimum absolute atomic E-state index is 0.266. The van der Waals surface area contributed by atoms with Crippen LogP contribution < -0.4 is 5.32 Å². The first kappa shape index (κ1) is 14.7. The van der Waals surface area contributed by atoms with E-state index in [0.717, 1.165) is 20.7 Å². The van der Waals surface area contributed by atoms with Crippen molar-refractivity contribution in [2.45, 2.75) is 37.1 Å². The molecule has 0 radical (unpaired) electrons. The number of thioether (sulfide) groups is 1. The summed E-state index contributed by atoms with van der Waals surface area (Å²) < 4.78 is 1.48. The second kappa shape index (κ2) is 6.64. The number of hydrogen-bond donors (Lipinski definition) is 2. The van der Waals surface area contributed by atoms with E-state index < -0.39 is 0 Å². The first-order valence-electron chi connectivity index (χ1n) is 6.03. The fraction of sp³-hybridized carbons (Fsp3) is 0.538. The molecular formula is C13H17Br2NOS. The molecule has 1 aliphatic carbocycles. The predicted octanol–water partition coefficient (Wildman–Crippen LogP) is 4.29. The molecule has 0 saturated heterocycles. The smallest absolute Gasteiger partial charge is 0.143 e. The van der Waals surface area contributed by atoms with E-state index in [4.69, 9.17) is 0 Å². The molecule has 0 aromatic heterocycles.